The van der Waals surface area contributed by atoms with Gasteiger partial charge in [0.2, 0.25) is 5.82 Å². The summed E-state index contributed by atoms with van der Waals surface area (Å²) < 4.78 is 50.0. The maximum Gasteiger partial charge on any atom is 0.379 e. The van der Waals surface area contributed by atoms with E-state index >= 15 is 4.39 Å². The Hall–Kier alpha value is -2.42. The van der Waals surface area contributed by atoms with Crippen molar-refractivity contribution >= 4 is 22.5 Å². The number of nitrogens with zero attached hydrogens (tertiary/aromatic N) is 3. The molecule has 0 unspecified atom stereocenters. The van der Waals surface area contributed by atoms with Crippen LogP contribution >= 0.6 is 11.6 Å². The highest BCUT2D eigenvalue weighted by atomic mass is 35.5. The van der Waals surface area contributed by atoms with Crippen molar-refractivity contribution < 1.29 is 22.3 Å². The smallest absolute Gasteiger partial charge is 0.379 e. The molecule has 29 heavy (non-hydrogen) atoms. The first-order valence-electron chi connectivity index (χ1n) is 9.11. The zero-order valence-corrected chi connectivity index (χ0v) is 16.3. The number of aromatic amines is 1. The molecule has 0 saturated heterocycles. The summed E-state index contributed by atoms with van der Waals surface area (Å²) in [4.78, 5) is 15.6. The number of hydrogen-bond donors (Lipinski definition) is 1. The van der Waals surface area contributed by atoms with E-state index in [2.05, 4.69) is 19.9 Å². The van der Waals surface area contributed by atoms with Crippen molar-refractivity contribution in [2.45, 2.75) is 51.8 Å². The Bertz CT molecular complexity index is 973. The second-order valence-corrected chi connectivity index (χ2v) is 6.95. The van der Waals surface area contributed by atoms with Gasteiger partial charge < -0.3 is 9.72 Å². The quantitative estimate of drug-likeness (QED) is 0.408. The van der Waals surface area contributed by atoms with Crippen molar-refractivity contribution in [2.75, 3.05) is 0 Å². The maximum atomic E-state index is 15.1. The summed E-state index contributed by atoms with van der Waals surface area (Å²) in [5.41, 5.74) is 1.52. The zero-order chi connectivity index (χ0) is 21.0. The van der Waals surface area contributed by atoms with Gasteiger partial charge in [0.1, 0.15) is 22.8 Å². The molecule has 1 N–H and O–H groups in total. The van der Waals surface area contributed by atoms with Crippen molar-refractivity contribution in [3.05, 3.63) is 35.3 Å². The number of halogens is 5. The Morgan fingerprint density at radius 1 is 1.17 bits per heavy atom. The predicted molar refractivity (Wildman–Crippen MR) is 101 cm³/mol. The molecule has 3 heterocycles. The number of ether oxygens (including phenoxy) is 1. The van der Waals surface area contributed by atoms with Crippen LogP contribution in [0.25, 0.3) is 22.2 Å². The largest absolute Gasteiger partial charge is 0.472 e. The molecule has 1 saturated carbocycles. The van der Waals surface area contributed by atoms with E-state index in [4.69, 9.17) is 16.3 Å². The van der Waals surface area contributed by atoms with Crippen LogP contribution in [0.4, 0.5) is 17.6 Å². The number of aryl methyl sites for hydroxylation is 1. The Labute approximate surface area is 169 Å². The Kier molecular flexibility index (Phi) is 6.89. The van der Waals surface area contributed by atoms with Crippen molar-refractivity contribution in [3.63, 3.8) is 0 Å². The Morgan fingerprint density at radius 2 is 1.86 bits per heavy atom. The molecule has 3 aromatic rings. The van der Waals surface area contributed by atoms with E-state index in [9.17, 15) is 13.2 Å². The Morgan fingerprint density at radius 3 is 2.55 bits per heavy atom. The van der Waals surface area contributed by atoms with E-state index in [0.29, 0.717) is 21.9 Å². The van der Waals surface area contributed by atoms with Gasteiger partial charge in [-0.3, -0.25) is 0 Å². The molecule has 0 aromatic carbocycles. The fraction of sp³-hybridized carbons (Fsp3) is 0.421. The van der Waals surface area contributed by atoms with E-state index in [1.165, 1.54) is 6.42 Å². The topological polar surface area (TPSA) is 63.7 Å². The van der Waals surface area contributed by atoms with Gasteiger partial charge >= 0.3 is 6.68 Å². The molecule has 0 amide bonds. The van der Waals surface area contributed by atoms with Crippen LogP contribution in [0.3, 0.4) is 0 Å². The normalized spacial score (nSPS) is 14.7. The molecule has 1 aliphatic rings. The highest BCUT2D eigenvalue weighted by molar-refractivity contribution is 6.35. The van der Waals surface area contributed by atoms with Crippen LogP contribution in [0, 0.1) is 12.7 Å². The van der Waals surface area contributed by atoms with Crippen molar-refractivity contribution in [3.8, 4) is 17.1 Å². The minimum Gasteiger partial charge on any atom is -0.472 e. The van der Waals surface area contributed by atoms with Crippen LogP contribution in [0.2, 0.25) is 5.15 Å². The molecule has 10 heteroatoms. The highest BCUT2D eigenvalue weighted by Gasteiger charge is 2.23. The van der Waals surface area contributed by atoms with Gasteiger partial charge in [-0.15, -0.1) is 0 Å². The number of pyridine rings is 1. The Balaban J connectivity index is 0.000000552. The lowest BCUT2D eigenvalue weighted by Gasteiger charge is -2.23. The molecule has 5 nitrogen and oxygen atoms in total. The van der Waals surface area contributed by atoms with Gasteiger partial charge in [-0.2, -0.15) is 22.5 Å². The van der Waals surface area contributed by atoms with Gasteiger partial charge in [-0.1, -0.05) is 18.0 Å². The molecule has 3 aromatic heterocycles. The van der Waals surface area contributed by atoms with Crippen LogP contribution in [0.5, 0.6) is 5.88 Å². The lowest BCUT2D eigenvalue weighted by atomic mass is 9.98. The standard InChI is InChI=1S/C18H18ClFN4O.CHF3/c1-10-23-16(12-9-22-13-7-8-21-17(19)14(12)13)15(20)18(24-10)25-11-5-3-2-4-6-11;2-1(3)4/h7-9,11,22H,2-6H2,1H3;1H. The molecule has 156 valence electrons. The van der Waals surface area contributed by atoms with E-state index < -0.39 is 12.5 Å². The summed E-state index contributed by atoms with van der Waals surface area (Å²) in [6, 6.07) is 1.79. The molecule has 4 rings (SSSR count). The van der Waals surface area contributed by atoms with Crippen molar-refractivity contribution in [1.29, 1.82) is 0 Å². The number of H-pyrrole nitrogens is 1. The predicted octanol–water partition coefficient (Wildman–Crippen LogP) is 6.01. The summed E-state index contributed by atoms with van der Waals surface area (Å²) in [5.74, 6) is -0.0858. The van der Waals surface area contributed by atoms with E-state index in [0.717, 1.165) is 31.2 Å². The molecule has 0 spiro atoms. The summed E-state index contributed by atoms with van der Waals surface area (Å²) in [6.07, 6.45) is 8.58. The van der Waals surface area contributed by atoms with Crippen LogP contribution in [-0.4, -0.2) is 32.7 Å². The number of rotatable bonds is 3. The van der Waals surface area contributed by atoms with Gasteiger partial charge in [0.15, 0.2) is 0 Å². The third-order valence-electron chi connectivity index (χ3n) is 4.56. The van der Waals surface area contributed by atoms with Gasteiger partial charge in [-0.05, 0) is 38.7 Å². The van der Waals surface area contributed by atoms with E-state index in [-0.39, 0.29) is 17.7 Å². The summed E-state index contributed by atoms with van der Waals surface area (Å²) in [7, 11) is 0. The number of fused-ring (bicyclic) bond motifs is 1. The fourth-order valence-electron chi connectivity index (χ4n) is 3.35. The molecule has 1 fully saturated rings. The second kappa shape index (κ2) is 9.39. The van der Waals surface area contributed by atoms with Crippen LogP contribution < -0.4 is 4.74 Å². The molecule has 0 aliphatic heterocycles. The minimum atomic E-state index is -3.67. The van der Waals surface area contributed by atoms with Gasteiger partial charge in [0, 0.05) is 23.3 Å². The number of alkyl halides is 3. The third kappa shape index (κ3) is 5.14. The van der Waals surface area contributed by atoms with Crippen molar-refractivity contribution in [2.24, 2.45) is 0 Å². The number of hydrogen-bond acceptors (Lipinski definition) is 4. The van der Waals surface area contributed by atoms with Gasteiger partial charge in [-0.25, -0.2) is 9.97 Å². The number of aromatic nitrogens is 4. The fourth-order valence-corrected chi connectivity index (χ4v) is 3.61. The molecular formula is C19H19ClF4N4O. The van der Waals surface area contributed by atoms with Gasteiger partial charge in [0.05, 0.1) is 5.52 Å². The van der Waals surface area contributed by atoms with Crippen LogP contribution in [0.1, 0.15) is 37.9 Å². The molecule has 0 atom stereocenters. The molecule has 0 bridgehead atoms. The maximum absolute atomic E-state index is 15.1. The van der Waals surface area contributed by atoms with E-state index in [1.54, 1.807) is 25.4 Å². The lowest BCUT2D eigenvalue weighted by Crippen LogP contribution is -2.21. The third-order valence-corrected chi connectivity index (χ3v) is 4.85. The lowest BCUT2D eigenvalue weighted by molar-refractivity contribution is 0.00819. The average molecular weight is 431 g/mol. The molecular weight excluding hydrogens is 412 g/mol. The average Bonchev–Trinajstić information content (AvgIpc) is 3.10. The first-order valence-corrected chi connectivity index (χ1v) is 9.49. The monoisotopic (exact) mass is 430 g/mol. The van der Waals surface area contributed by atoms with E-state index in [1.807, 2.05) is 0 Å². The van der Waals surface area contributed by atoms with Crippen LogP contribution in [-0.2, 0) is 0 Å². The van der Waals surface area contributed by atoms with Crippen molar-refractivity contribution in [1.82, 2.24) is 19.9 Å². The molecule has 0 radical (unpaired) electrons. The summed E-state index contributed by atoms with van der Waals surface area (Å²) >= 11 is 6.21. The highest BCUT2D eigenvalue weighted by Crippen LogP contribution is 2.35. The molecule has 1 aliphatic carbocycles. The first-order chi connectivity index (χ1) is 13.9. The summed E-state index contributed by atoms with van der Waals surface area (Å²) in [5, 5.41) is 0.948. The van der Waals surface area contributed by atoms with Crippen LogP contribution in [0.15, 0.2) is 18.5 Å². The number of nitrogens with one attached hydrogen (secondary N) is 1. The van der Waals surface area contributed by atoms with Gasteiger partial charge in [0.25, 0.3) is 5.88 Å². The SMILES string of the molecule is Cc1nc(OC2CCCCC2)c(F)c(-c2c[nH]c3ccnc(Cl)c23)n1.FC(F)F. The minimum absolute atomic E-state index is 0.0126. The first kappa shape index (κ1) is 21.3. The summed E-state index contributed by atoms with van der Waals surface area (Å²) in [6.45, 7) is -1.94. The zero-order valence-electron chi connectivity index (χ0n) is 15.6. The second-order valence-electron chi connectivity index (χ2n) is 6.59.